The molecule has 1 aliphatic carbocycles. The monoisotopic (exact) mass is 635 g/mol. The zero-order valence-corrected chi connectivity index (χ0v) is 25.5. The molecular weight excluding hydrogens is 604 g/mol. The SMILES string of the molecule is C=CC(=O)N1CCN(c2nc(=O)n(-c3c(C)cccc3S(=O)(=O)C3CCC3)c3nc(-c4c(O)cccc4F)c(F)cc23)[C@@H](C)C1. The van der Waals surface area contributed by atoms with E-state index in [2.05, 4.69) is 16.5 Å². The van der Waals surface area contributed by atoms with Gasteiger partial charge in [0.2, 0.25) is 5.91 Å². The molecule has 0 unspecified atom stereocenters. The summed E-state index contributed by atoms with van der Waals surface area (Å²) in [6.07, 6.45) is 2.96. The molecule has 1 saturated carbocycles. The Morgan fingerprint density at radius 1 is 1.09 bits per heavy atom. The van der Waals surface area contributed by atoms with Crippen LogP contribution in [0.25, 0.3) is 28.0 Å². The predicted octanol–water partition coefficient (Wildman–Crippen LogP) is 4.29. The molecule has 2 fully saturated rings. The number of phenols is 1. The summed E-state index contributed by atoms with van der Waals surface area (Å²) in [4.78, 5) is 38.4. The first-order chi connectivity index (χ1) is 21.4. The minimum Gasteiger partial charge on any atom is -0.507 e. The third-order valence-electron chi connectivity index (χ3n) is 8.64. The van der Waals surface area contributed by atoms with Crippen molar-refractivity contribution in [3.63, 3.8) is 0 Å². The summed E-state index contributed by atoms with van der Waals surface area (Å²) in [5, 5.41) is 9.96. The molecule has 1 amide bonds. The molecule has 6 rings (SSSR count). The Labute approximate surface area is 258 Å². The Kier molecular flexibility index (Phi) is 7.67. The number of nitrogens with zero attached hydrogens (tertiary/aromatic N) is 5. The number of halogens is 2. The number of amides is 1. The third kappa shape index (κ3) is 5.04. The zero-order chi connectivity index (χ0) is 32.2. The van der Waals surface area contributed by atoms with Gasteiger partial charge in [-0.05, 0) is 62.6 Å². The maximum absolute atomic E-state index is 15.9. The summed E-state index contributed by atoms with van der Waals surface area (Å²) >= 11 is 0. The second-order valence-electron chi connectivity index (χ2n) is 11.4. The van der Waals surface area contributed by atoms with Crippen molar-refractivity contribution in [2.24, 2.45) is 0 Å². The number of aryl methyl sites for hydroxylation is 1. The highest BCUT2D eigenvalue weighted by molar-refractivity contribution is 7.92. The molecule has 4 aromatic rings. The number of hydrogen-bond acceptors (Lipinski definition) is 8. The molecule has 1 N–H and O–H groups in total. The van der Waals surface area contributed by atoms with Crippen LogP contribution in [0.15, 0.2) is 64.8 Å². The Morgan fingerprint density at radius 2 is 1.82 bits per heavy atom. The Hall–Kier alpha value is -4.65. The topological polar surface area (TPSA) is 126 Å². The molecule has 10 nitrogen and oxygen atoms in total. The minimum atomic E-state index is -3.87. The van der Waals surface area contributed by atoms with Crippen molar-refractivity contribution in [1.82, 2.24) is 19.4 Å². The number of aromatic nitrogens is 3. The van der Waals surface area contributed by atoms with Crippen LogP contribution in [0.1, 0.15) is 31.7 Å². The van der Waals surface area contributed by atoms with Gasteiger partial charge < -0.3 is 14.9 Å². The summed E-state index contributed by atoms with van der Waals surface area (Å²) in [5.74, 6) is -2.67. The summed E-state index contributed by atoms with van der Waals surface area (Å²) in [6, 6.07) is 8.84. The van der Waals surface area contributed by atoms with Gasteiger partial charge in [0.05, 0.1) is 26.8 Å². The highest BCUT2D eigenvalue weighted by Gasteiger charge is 2.36. The first kappa shape index (κ1) is 30.4. The molecular formula is C32H31F2N5O5S. The number of carbonyl (C=O) groups is 1. The van der Waals surface area contributed by atoms with E-state index in [1.807, 2.05) is 6.92 Å². The summed E-state index contributed by atoms with van der Waals surface area (Å²) in [7, 11) is -3.87. The zero-order valence-electron chi connectivity index (χ0n) is 24.7. The van der Waals surface area contributed by atoms with Gasteiger partial charge >= 0.3 is 5.69 Å². The molecule has 13 heteroatoms. The fourth-order valence-electron chi connectivity index (χ4n) is 6.06. The van der Waals surface area contributed by atoms with Crippen LogP contribution in [0.4, 0.5) is 14.6 Å². The number of para-hydroxylation sites is 1. The van der Waals surface area contributed by atoms with Gasteiger partial charge in [-0.3, -0.25) is 4.79 Å². The van der Waals surface area contributed by atoms with Crippen LogP contribution < -0.4 is 10.6 Å². The van der Waals surface area contributed by atoms with E-state index in [4.69, 9.17) is 0 Å². The van der Waals surface area contributed by atoms with Crippen LogP contribution >= 0.6 is 0 Å². The number of pyridine rings is 1. The number of phenolic OH excluding ortho intramolecular Hbond substituents is 1. The summed E-state index contributed by atoms with van der Waals surface area (Å²) < 4.78 is 59.5. The number of benzene rings is 2. The van der Waals surface area contributed by atoms with Crippen LogP contribution in [0.2, 0.25) is 0 Å². The van der Waals surface area contributed by atoms with E-state index >= 15 is 8.78 Å². The van der Waals surface area contributed by atoms with E-state index in [1.54, 1.807) is 28.9 Å². The van der Waals surface area contributed by atoms with Gasteiger partial charge in [-0.1, -0.05) is 31.2 Å². The number of aromatic hydroxyl groups is 1. The Bertz CT molecular complexity index is 2020. The number of rotatable bonds is 6. The van der Waals surface area contributed by atoms with Crippen molar-refractivity contribution < 1.29 is 27.1 Å². The number of piperazine rings is 1. The molecule has 1 aliphatic heterocycles. The second kappa shape index (κ2) is 11.4. The normalized spacial score (nSPS) is 17.4. The fraction of sp³-hybridized carbons (Fsp3) is 0.312. The average Bonchev–Trinajstić information content (AvgIpc) is 2.96. The summed E-state index contributed by atoms with van der Waals surface area (Å²) in [5.41, 5.74) is -1.66. The standard InChI is InChI=1S/C32H31F2N5O5S/c1-4-26(41)37-14-15-38(19(3)17-37)30-21-16-23(34)28(27-22(33)11-7-12-24(27)40)35-31(21)39(32(42)36-30)29-18(2)8-5-13-25(29)45(43,44)20-9-6-10-20/h4-5,7-8,11-13,16,19-20,40H,1,6,9-10,14-15,17H2,2-3H3/t19-/m0/s1. The van der Waals surface area contributed by atoms with Gasteiger partial charge in [-0.2, -0.15) is 4.98 Å². The van der Waals surface area contributed by atoms with E-state index in [0.717, 1.165) is 23.1 Å². The quantitative estimate of drug-likeness (QED) is 0.311. The Balaban J connectivity index is 1.66. The average molecular weight is 636 g/mol. The van der Waals surface area contributed by atoms with Crippen molar-refractivity contribution in [3.8, 4) is 22.7 Å². The van der Waals surface area contributed by atoms with Crippen LogP contribution in [-0.4, -0.2) is 69.8 Å². The molecule has 1 saturated heterocycles. The molecule has 0 bridgehead atoms. The van der Waals surface area contributed by atoms with Gasteiger partial charge in [0.15, 0.2) is 21.3 Å². The molecule has 2 aromatic heterocycles. The number of anilines is 1. The molecule has 0 radical (unpaired) electrons. The number of sulfone groups is 1. The van der Waals surface area contributed by atoms with Gasteiger partial charge in [-0.25, -0.2) is 31.5 Å². The van der Waals surface area contributed by atoms with Gasteiger partial charge in [0.1, 0.15) is 23.1 Å². The van der Waals surface area contributed by atoms with Crippen LogP contribution in [0.5, 0.6) is 5.75 Å². The van der Waals surface area contributed by atoms with Crippen LogP contribution in [0.3, 0.4) is 0 Å². The highest BCUT2D eigenvalue weighted by Crippen LogP contribution is 2.38. The smallest absolute Gasteiger partial charge is 0.355 e. The fourth-order valence-corrected chi connectivity index (χ4v) is 8.16. The maximum atomic E-state index is 15.9. The van der Waals surface area contributed by atoms with E-state index < -0.39 is 49.4 Å². The van der Waals surface area contributed by atoms with E-state index in [9.17, 15) is 23.1 Å². The van der Waals surface area contributed by atoms with Crippen molar-refractivity contribution >= 4 is 32.6 Å². The minimum absolute atomic E-state index is 0.0238. The highest BCUT2D eigenvalue weighted by atomic mass is 32.2. The second-order valence-corrected chi connectivity index (χ2v) is 13.6. The number of hydrogen-bond donors (Lipinski definition) is 1. The van der Waals surface area contributed by atoms with Crippen LogP contribution in [0, 0.1) is 18.6 Å². The van der Waals surface area contributed by atoms with Gasteiger partial charge in [0.25, 0.3) is 0 Å². The van der Waals surface area contributed by atoms with Crippen molar-refractivity contribution in [2.75, 3.05) is 24.5 Å². The molecule has 2 aromatic carbocycles. The first-order valence-corrected chi connectivity index (χ1v) is 16.1. The first-order valence-electron chi connectivity index (χ1n) is 14.6. The molecule has 2 aliphatic rings. The van der Waals surface area contributed by atoms with E-state index in [-0.39, 0.29) is 59.0 Å². The third-order valence-corrected chi connectivity index (χ3v) is 10.9. The van der Waals surface area contributed by atoms with E-state index in [0.29, 0.717) is 18.4 Å². The van der Waals surface area contributed by atoms with Crippen LogP contribution in [-0.2, 0) is 14.6 Å². The lowest BCUT2D eigenvalue weighted by Gasteiger charge is -2.40. The van der Waals surface area contributed by atoms with E-state index in [1.165, 1.54) is 24.3 Å². The predicted molar refractivity (Wildman–Crippen MR) is 165 cm³/mol. The lowest BCUT2D eigenvalue weighted by atomic mass is 10.00. The molecule has 0 spiro atoms. The molecule has 3 heterocycles. The number of carbonyl (C=O) groups excluding carboxylic acids is 1. The summed E-state index contributed by atoms with van der Waals surface area (Å²) in [6.45, 7) is 7.80. The number of fused-ring (bicyclic) bond motifs is 1. The lowest BCUT2D eigenvalue weighted by molar-refractivity contribution is -0.126. The van der Waals surface area contributed by atoms with Gasteiger partial charge in [-0.15, -0.1) is 0 Å². The Morgan fingerprint density at radius 3 is 2.47 bits per heavy atom. The maximum Gasteiger partial charge on any atom is 0.355 e. The molecule has 45 heavy (non-hydrogen) atoms. The van der Waals surface area contributed by atoms with Crippen molar-refractivity contribution in [1.29, 1.82) is 0 Å². The largest absolute Gasteiger partial charge is 0.507 e. The lowest BCUT2D eigenvalue weighted by Crippen LogP contribution is -2.54. The molecule has 234 valence electrons. The molecule has 1 atom stereocenters. The van der Waals surface area contributed by atoms with Crippen molar-refractivity contribution in [3.05, 3.63) is 82.8 Å². The van der Waals surface area contributed by atoms with Crippen molar-refractivity contribution in [2.45, 2.75) is 49.3 Å². The van der Waals surface area contributed by atoms with Gasteiger partial charge in [0, 0.05) is 25.7 Å².